The van der Waals surface area contributed by atoms with E-state index in [1.165, 1.54) is 5.57 Å². The quantitative estimate of drug-likeness (QED) is 0.326. The number of hydrogen-bond donors (Lipinski definition) is 0. The van der Waals surface area contributed by atoms with Crippen molar-refractivity contribution in [3.8, 4) is 6.07 Å². The largest absolute Gasteiger partial charge is 0.497 e. The first-order valence-corrected chi connectivity index (χ1v) is 12.7. The van der Waals surface area contributed by atoms with Gasteiger partial charge >= 0.3 is 0 Å². The molecule has 0 heterocycles. The molecule has 3 heteroatoms. The van der Waals surface area contributed by atoms with Crippen molar-refractivity contribution in [1.29, 1.82) is 5.26 Å². The van der Waals surface area contributed by atoms with Crippen LogP contribution in [0.1, 0.15) is 77.8 Å². The van der Waals surface area contributed by atoms with Crippen molar-refractivity contribution in [3.63, 3.8) is 0 Å². The average Bonchev–Trinajstić information content (AvgIpc) is 2.86. The lowest BCUT2D eigenvalue weighted by molar-refractivity contribution is 0.271. The zero-order valence-corrected chi connectivity index (χ0v) is 22.2. The predicted octanol–water partition coefficient (Wildman–Crippen LogP) is 7.76. The third-order valence-corrected chi connectivity index (χ3v) is 6.81. The first-order chi connectivity index (χ1) is 15.9. The lowest BCUT2D eigenvalue weighted by Crippen LogP contribution is -2.32. The summed E-state index contributed by atoms with van der Waals surface area (Å²) in [7, 11) is 3.96. The van der Waals surface area contributed by atoms with Crippen LogP contribution >= 0.6 is 0 Å². The van der Waals surface area contributed by atoms with Crippen LogP contribution in [-0.2, 0) is 10.2 Å². The molecular weight excluding hydrogens is 404 g/mol. The van der Waals surface area contributed by atoms with E-state index in [0.29, 0.717) is 5.92 Å². The van der Waals surface area contributed by atoms with E-state index in [9.17, 15) is 5.26 Å². The number of rotatable bonds is 12. The Morgan fingerprint density at radius 3 is 2.42 bits per heavy atom. The molecule has 1 aromatic carbocycles. The summed E-state index contributed by atoms with van der Waals surface area (Å²) < 4.78 is 5.57. The van der Waals surface area contributed by atoms with Crippen LogP contribution in [0.3, 0.4) is 0 Å². The first kappa shape index (κ1) is 28.7. The highest BCUT2D eigenvalue weighted by Crippen LogP contribution is 2.37. The van der Waals surface area contributed by atoms with Crippen LogP contribution in [0.2, 0.25) is 0 Å². The minimum absolute atomic E-state index is 0.261. The van der Waals surface area contributed by atoms with E-state index < -0.39 is 5.41 Å². The van der Waals surface area contributed by atoms with Gasteiger partial charge in [-0.25, -0.2) is 0 Å². The SMILES string of the molecule is C=Cc1ccc(C(C#N)(CCCN(C)CCC2C=C(OC)C(CC)=CC2)C(C)C)cc1.CC. The molecule has 1 aromatic rings. The molecule has 0 aliphatic heterocycles. The minimum Gasteiger partial charge on any atom is -0.497 e. The average molecular weight is 451 g/mol. The highest BCUT2D eigenvalue weighted by molar-refractivity contribution is 5.49. The van der Waals surface area contributed by atoms with Crippen LogP contribution < -0.4 is 0 Å². The van der Waals surface area contributed by atoms with Crippen LogP contribution in [0.4, 0.5) is 0 Å². The zero-order valence-electron chi connectivity index (χ0n) is 22.2. The summed E-state index contributed by atoms with van der Waals surface area (Å²) >= 11 is 0. The third-order valence-electron chi connectivity index (χ3n) is 6.81. The highest BCUT2D eigenvalue weighted by Gasteiger charge is 2.35. The molecule has 0 amide bonds. The number of methoxy groups -OCH3 is 1. The number of hydrogen-bond acceptors (Lipinski definition) is 3. The van der Waals surface area contributed by atoms with Gasteiger partial charge in [-0.05, 0) is 86.9 Å². The summed E-state index contributed by atoms with van der Waals surface area (Å²) in [6, 6.07) is 11.0. The monoisotopic (exact) mass is 450 g/mol. The van der Waals surface area contributed by atoms with Gasteiger partial charge in [-0.15, -0.1) is 0 Å². The molecule has 33 heavy (non-hydrogen) atoms. The summed E-state index contributed by atoms with van der Waals surface area (Å²) in [5, 5.41) is 10.1. The van der Waals surface area contributed by atoms with Crippen LogP contribution in [0.15, 0.2) is 54.3 Å². The second-order valence-electron chi connectivity index (χ2n) is 9.07. The fourth-order valence-corrected chi connectivity index (χ4v) is 4.56. The Kier molecular flexibility index (Phi) is 12.8. The molecule has 0 saturated carbocycles. The molecule has 1 aliphatic rings. The molecule has 0 fully saturated rings. The Morgan fingerprint density at radius 1 is 1.24 bits per heavy atom. The lowest BCUT2D eigenvalue weighted by Gasteiger charge is -2.32. The van der Waals surface area contributed by atoms with Crippen molar-refractivity contribution < 1.29 is 4.74 Å². The molecule has 0 bridgehead atoms. The fourth-order valence-electron chi connectivity index (χ4n) is 4.56. The first-order valence-electron chi connectivity index (χ1n) is 12.7. The van der Waals surface area contributed by atoms with Crippen molar-refractivity contribution in [2.45, 2.75) is 72.1 Å². The van der Waals surface area contributed by atoms with E-state index in [-0.39, 0.29) is 5.92 Å². The van der Waals surface area contributed by atoms with Crippen molar-refractivity contribution in [1.82, 2.24) is 4.90 Å². The molecule has 0 radical (unpaired) electrons. The topological polar surface area (TPSA) is 36.3 Å². The van der Waals surface area contributed by atoms with Crippen molar-refractivity contribution in [3.05, 3.63) is 65.5 Å². The van der Waals surface area contributed by atoms with E-state index >= 15 is 0 Å². The summed E-state index contributed by atoms with van der Waals surface area (Å²) in [6.45, 7) is 16.4. The number of nitrogens with zero attached hydrogens (tertiary/aromatic N) is 2. The third kappa shape index (κ3) is 7.90. The van der Waals surface area contributed by atoms with Gasteiger partial charge in [-0.2, -0.15) is 5.26 Å². The minimum atomic E-state index is -0.443. The van der Waals surface area contributed by atoms with Gasteiger partial charge < -0.3 is 9.64 Å². The maximum atomic E-state index is 10.1. The molecule has 2 unspecified atom stereocenters. The van der Waals surface area contributed by atoms with Crippen LogP contribution in [0, 0.1) is 23.2 Å². The standard InChI is InChI=1S/C28H40N2O.C2H6/c1-7-23-11-14-26(15-12-23)28(21-29,22(3)4)17-9-18-30(5)19-16-24-10-13-25(8-2)27(20-24)31-6;1-2/h7,11-15,20,22,24H,1,8-10,16-19H2,2-6H3;1-2H3. The van der Waals surface area contributed by atoms with Crippen molar-refractivity contribution >= 4 is 6.08 Å². The maximum Gasteiger partial charge on any atom is 0.118 e. The molecule has 182 valence electrons. The van der Waals surface area contributed by atoms with Gasteiger partial charge in [0.1, 0.15) is 5.76 Å². The lowest BCUT2D eigenvalue weighted by atomic mass is 9.69. The van der Waals surface area contributed by atoms with Gasteiger partial charge in [0, 0.05) is 0 Å². The number of ether oxygens (including phenoxy) is 1. The normalized spacial score (nSPS) is 17.3. The Morgan fingerprint density at radius 2 is 1.91 bits per heavy atom. The van der Waals surface area contributed by atoms with Crippen LogP contribution in [0.5, 0.6) is 0 Å². The summed E-state index contributed by atoms with van der Waals surface area (Å²) in [6.07, 6.45) is 11.6. The van der Waals surface area contributed by atoms with E-state index in [1.807, 2.05) is 19.9 Å². The van der Waals surface area contributed by atoms with Crippen molar-refractivity contribution in [2.24, 2.45) is 11.8 Å². The summed E-state index contributed by atoms with van der Waals surface area (Å²) in [5.41, 5.74) is 3.10. The Bertz CT molecular complexity index is 813. The molecule has 2 rings (SSSR count). The Hall–Kier alpha value is -2.31. The molecule has 0 spiro atoms. The van der Waals surface area contributed by atoms with Crippen molar-refractivity contribution in [2.75, 3.05) is 27.2 Å². The molecule has 0 saturated heterocycles. The summed E-state index contributed by atoms with van der Waals surface area (Å²) in [5.74, 6) is 1.86. The summed E-state index contributed by atoms with van der Waals surface area (Å²) in [4.78, 5) is 2.41. The van der Waals surface area contributed by atoms with E-state index in [2.05, 4.69) is 81.8 Å². The zero-order chi connectivity index (χ0) is 24.9. The predicted molar refractivity (Wildman–Crippen MR) is 143 cm³/mol. The molecule has 1 aliphatic carbocycles. The van der Waals surface area contributed by atoms with Gasteiger partial charge in [-0.3, -0.25) is 0 Å². The molecule has 2 atom stereocenters. The van der Waals surface area contributed by atoms with Gasteiger partial charge in [0.25, 0.3) is 0 Å². The second-order valence-corrected chi connectivity index (χ2v) is 9.07. The number of benzene rings is 1. The maximum absolute atomic E-state index is 10.1. The van der Waals surface area contributed by atoms with Gasteiger partial charge in [-0.1, -0.05) is 77.6 Å². The second kappa shape index (κ2) is 14.8. The van der Waals surface area contributed by atoms with E-state index in [1.54, 1.807) is 7.11 Å². The molecule has 3 nitrogen and oxygen atoms in total. The number of allylic oxidation sites excluding steroid dienone is 3. The van der Waals surface area contributed by atoms with Gasteiger partial charge in [0.2, 0.25) is 0 Å². The Balaban J connectivity index is 0.00000265. The molecule has 0 N–H and O–H groups in total. The smallest absolute Gasteiger partial charge is 0.118 e. The Labute approximate surface area is 203 Å². The van der Waals surface area contributed by atoms with Crippen LogP contribution in [0.25, 0.3) is 6.08 Å². The van der Waals surface area contributed by atoms with E-state index in [0.717, 1.165) is 62.1 Å². The fraction of sp³-hybridized carbons (Fsp3) is 0.567. The molecular formula is C30H46N2O. The highest BCUT2D eigenvalue weighted by atomic mass is 16.5. The van der Waals surface area contributed by atoms with Gasteiger partial charge in [0.15, 0.2) is 0 Å². The van der Waals surface area contributed by atoms with E-state index in [4.69, 9.17) is 4.74 Å². The number of nitriles is 1. The molecule has 0 aromatic heterocycles. The van der Waals surface area contributed by atoms with Crippen LogP contribution in [-0.4, -0.2) is 32.1 Å². The van der Waals surface area contributed by atoms with Gasteiger partial charge in [0.05, 0.1) is 18.6 Å².